The highest BCUT2D eigenvalue weighted by molar-refractivity contribution is 5.94. The van der Waals surface area contributed by atoms with Gasteiger partial charge < -0.3 is 10.5 Å². The first kappa shape index (κ1) is 10.2. The quantitative estimate of drug-likeness (QED) is 0.796. The zero-order valence-electron chi connectivity index (χ0n) is 9.16. The molecular weight excluding hydrogens is 188 g/mol. The van der Waals surface area contributed by atoms with Crippen molar-refractivity contribution in [1.82, 2.24) is 0 Å². The van der Waals surface area contributed by atoms with Gasteiger partial charge in [-0.05, 0) is 31.5 Å². The Hall–Kier alpha value is -1.35. The third kappa shape index (κ3) is 2.18. The molecule has 0 bridgehead atoms. The summed E-state index contributed by atoms with van der Waals surface area (Å²) in [7, 11) is 0. The van der Waals surface area contributed by atoms with Gasteiger partial charge >= 0.3 is 0 Å². The smallest absolute Gasteiger partial charge is 0.216 e. The number of nitrogens with two attached hydrogens (primary N) is 1. The summed E-state index contributed by atoms with van der Waals surface area (Å²) < 4.78 is 5.38. The average Bonchev–Trinajstić information content (AvgIpc) is 2.69. The minimum atomic E-state index is -0.295. The molecule has 0 aromatic heterocycles. The molecule has 80 valence electrons. The van der Waals surface area contributed by atoms with E-state index in [0.29, 0.717) is 6.61 Å². The monoisotopic (exact) mass is 204 g/mol. The lowest BCUT2D eigenvalue weighted by atomic mass is 9.95. The van der Waals surface area contributed by atoms with Crippen LogP contribution in [-0.4, -0.2) is 19.0 Å². The third-order valence-corrected chi connectivity index (χ3v) is 2.46. The second-order valence-corrected chi connectivity index (χ2v) is 4.33. The SMILES string of the molecule is CC(C)(N)c1ccc(C2=NCCO2)cc1. The third-order valence-electron chi connectivity index (χ3n) is 2.46. The fourth-order valence-electron chi connectivity index (χ4n) is 1.55. The van der Waals surface area contributed by atoms with Crippen molar-refractivity contribution in [2.45, 2.75) is 19.4 Å². The van der Waals surface area contributed by atoms with Crippen LogP contribution in [0.15, 0.2) is 29.3 Å². The van der Waals surface area contributed by atoms with Crippen LogP contribution in [0.4, 0.5) is 0 Å². The van der Waals surface area contributed by atoms with Crippen LogP contribution >= 0.6 is 0 Å². The highest BCUT2D eigenvalue weighted by Gasteiger charge is 2.15. The van der Waals surface area contributed by atoms with Gasteiger partial charge in [-0.25, -0.2) is 4.99 Å². The van der Waals surface area contributed by atoms with Gasteiger partial charge in [0, 0.05) is 11.1 Å². The van der Waals surface area contributed by atoms with Gasteiger partial charge in [-0.1, -0.05) is 12.1 Å². The van der Waals surface area contributed by atoms with E-state index in [2.05, 4.69) is 4.99 Å². The maximum absolute atomic E-state index is 6.00. The van der Waals surface area contributed by atoms with Gasteiger partial charge in [0.25, 0.3) is 0 Å². The van der Waals surface area contributed by atoms with E-state index in [4.69, 9.17) is 10.5 Å². The van der Waals surface area contributed by atoms with E-state index in [1.807, 2.05) is 38.1 Å². The number of benzene rings is 1. The summed E-state index contributed by atoms with van der Waals surface area (Å²) in [5.41, 5.74) is 7.85. The highest BCUT2D eigenvalue weighted by atomic mass is 16.5. The van der Waals surface area contributed by atoms with Crippen LogP contribution in [0.2, 0.25) is 0 Å². The largest absolute Gasteiger partial charge is 0.476 e. The number of ether oxygens (including phenoxy) is 1. The summed E-state index contributed by atoms with van der Waals surface area (Å²) >= 11 is 0. The highest BCUT2D eigenvalue weighted by Crippen LogP contribution is 2.18. The molecule has 1 aromatic carbocycles. The molecule has 0 radical (unpaired) electrons. The summed E-state index contributed by atoms with van der Waals surface area (Å²) in [5, 5.41) is 0. The zero-order chi connectivity index (χ0) is 10.9. The molecule has 2 rings (SSSR count). The Balaban J connectivity index is 2.24. The Morgan fingerprint density at radius 2 is 1.93 bits per heavy atom. The fraction of sp³-hybridized carbons (Fsp3) is 0.417. The van der Waals surface area contributed by atoms with Crippen LogP contribution < -0.4 is 5.73 Å². The van der Waals surface area contributed by atoms with Crippen LogP contribution in [0.1, 0.15) is 25.0 Å². The van der Waals surface area contributed by atoms with Crippen molar-refractivity contribution in [3.63, 3.8) is 0 Å². The van der Waals surface area contributed by atoms with E-state index < -0.39 is 0 Å². The molecule has 1 aliphatic rings. The van der Waals surface area contributed by atoms with Crippen LogP contribution in [0.5, 0.6) is 0 Å². The molecule has 0 saturated carbocycles. The van der Waals surface area contributed by atoms with E-state index in [1.54, 1.807) is 0 Å². The number of nitrogens with zero attached hydrogens (tertiary/aromatic N) is 1. The normalized spacial score (nSPS) is 16.1. The molecule has 1 aromatic rings. The second-order valence-electron chi connectivity index (χ2n) is 4.33. The van der Waals surface area contributed by atoms with Crippen molar-refractivity contribution in [3.8, 4) is 0 Å². The first-order valence-electron chi connectivity index (χ1n) is 5.14. The zero-order valence-corrected chi connectivity index (χ0v) is 9.16. The molecule has 0 amide bonds. The minimum Gasteiger partial charge on any atom is -0.476 e. The van der Waals surface area contributed by atoms with Crippen molar-refractivity contribution in [2.24, 2.45) is 10.7 Å². The van der Waals surface area contributed by atoms with E-state index in [1.165, 1.54) is 0 Å². The molecule has 0 saturated heterocycles. The summed E-state index contributed by atoms with van der Waals surface area (Å²) in [5.74, 6) is 0.747. The van der Waals surface area contributed by atoms with E-state index >= 15 is 0 Å². The number of aliphatic imine (C=N–C) groups is 1. The lowest BCUT2D eigenvalue weighted by Gasteiger charge is -2.19. The van der Waals surface area contributed by atoms with Crippen molar-refractivity contribution in [2.75, 3.05) is 13.2 Å². The first-order chi connectivity index (χ1) is 7.07. The maximum atomic E-state index is 6.00. The van der Waals surface area contributed by atoms with E-state index in [9.17, 15) is 0 Å². The summed E-state index contributed by atoms with van der Waals surface area (Å²) in [4.78, 5) is 4.26. The van der Waals surface area contributed by atoms with Gasteiger partial charge in [0.05, 0.1) is 6.54 Å². The Bertz CT molecular complexity index is 374. The number of hydrogen-bond donors (Lipinski definition) is 1. The number of hydrogen-bond acceptors (Lipinski definition) is 3. The Kier molecular flexibility index (Phi) is 2.49. The van der Waals surface area contributed by atoms with Crippen LogP contribution in [-0.2, 0) is 10.3 Å². The topological polar surface area (TPSA) is 47.6 Å². The average molecular weight is 204 g/mol. The number of rotatable bonds is 2. The molecule has 3 heteroatoms. The van der Waals surface area contributed by atoms with Crippen molar-refractivity contribution in [1.29, 1.82) is 0 Å². The lowest BCUT2D eigenvalue weighted by Crippen LogP contribution is -2.28. The molecule has 1 aliphatic heterocycles. The lowest BCUT2D eigenvalue weighted by molar-refractivity contribution is 0.348. The van der Waals surface area contributed by atoms with Crippen LogP contribution in [0, 0.1) is 0 Å². The Labute approximate surface area is 90.0 Å². The van der Waals surface area contributed by atoms with Crippen LogP contribution in [0.3, 0.4) is 0 Å². The molecule has 0 unspecified atom stereocenters. The fourth-order valence-corrected chi connectivity index (χ4v) is 1.55. The summed E-state index contributed by atoms with van der Waals surface area (Å²) in [6, 6.07) is 8.07. The van der Waals surface area contributed by atoms with Crippen molar-refractivity contribution >= 4 is 5.90 Å². The first-order valence-corrected chi connectivity index (χ1v) is 5.14. The predicted octanol–water partition coefficient (Wildman–Crippen LogP) is 1.66. The predicted molar refractivity (Wildman–Crippen MR) is 61.0 cm³/mol. The Morgan fingerprint density at radius 3 is 2.40 bits per heavy atom. The van der Waals surface area contributed by atoms with Gasteiger partial charge in [0.2, 0.25) is 5.90 Å². The Morgan fingerprint density at radius 1 is 1.27 bits per heavy atom. The molecule has 3 nitrogen and oxygen atoms in total. The molecule has 2 N–H and O–H groups in total. The maximum Gasteiger partial charge on any atom is 0.216 e. The molecule has 0 aliphatic carbocycles. The van der Waals surface area contributed by atoms with E-state index in [-0.39, 0.29) is 5.54 Å². The van der Waals surface area contributed by atoms with Gasteiger partial charge in [0.1, 0.15) is 6.61 Å². The summed E-state index contributed by atoms with van der Waals surface area (Å²) in [6.45, 7) is 5.44. The molecular formula is C12H16N2O. The van der Waals surface area contributed by atoms with Crippen molar-refractivity contribution in [3.05, 3.63) is 35.4 Å². The molecule has 15 heavy (non-hydrogen) atoms. The molecule has 0 fully saturated rings. The van der Waals surface area contributed by atoms with Crippen molar-refractivity contribution < 1.29 is 4.74 Å². The van der Waals surface area contributed by atoms with Crippen LogP contribution in [0.25, 0.3) is 0 Å². The standard InChI is InChI=1S/C12H16N2O/c1-12(2,13)10-5-3-9(4-6-10)11-14-7-8-15-11/h3-6H,7-8,13H2,1-2H3. The summed E-state index contributed by atoms with van der Waals surface area (Å²) in [6.07, 6.45) is 0. The van der Waals surface area contributed by atoms with Gasteiger partial charge in [-0.15, -0.1) is 0 Å². The minimum absolute atomic E-state index is 0.295. The van der Waals surface area contributed by atoms with Gasteiger partial charge in [0.15, 0.2) is 0 Å². The van der Waals surface area contributed by atoms with Gasteiger partial charge in [-0.2, -0.15) is 0 Å². The molecule has 0 spiro atoms. The molecule has 0 atom stereocenters. The van der Waals surface area contributed by atoms with Gasteiger partial charge in [-0.3, -0.25) is 0 Å². The second kappa shape index (κ2) is 3.66. The van der Waals surface area contributed by atoms with E-state index in [0.717, 1.165) is 23.6 Å². The molecule has 1 heterocycles.